The maximum atomic E-state index is 12.1. The van der Waals surface area contributed by atoms with Crippen molar-refractivity contribution in [1.29, 1.82) is 0 Å². The molecule has 23 heavy (non-hydrogen) atoms. The Hall–Kier alpha value is -0.673. The predicted octanol–water partition coefficient (Wildman–Crippen LogP) is 5.02. The number of allylic oxidation sites excluding steroid dienone is 3. The third-order valence-electron chi connectivity index (χ3n) is 7.47. The molecule has 4 aliphatic rings. The molecular formula is C20H30O2Si. The Labute approximate surface area is 141 Å². The Balaban J connectivity index is 1.76. The number of carbonyl (C=O) groups excluding carboxylic acids is 1. The van der Waals surface area contributed by atoms with Crippen LogP contribution in [0.15, 0.2) is 23.3 Å². The first-order valence-electron chi connectivity index (χ1n) is 9.26. The molecule has 0 aromatic carbocycles. The zero-order valence-corrected chi connectivity index (χ0v) is 16.2. The zero-order chi connectivity index (χ0) is 16.6. The van der Waals surface area contributed by atoms with Crippen molar-refractivity contribution in [3.05, 3.63) is 23.3 Å². The van der Waals surface area contributed by atoms with E-state index in [-0.39, 0.29) is 10.5 Å². The smallest absolute Gasteiger partial charge is 0.192 e. The quantitative estimate of drug-likeness (QED) is 0.525. The Bertz CT molecular complexity index is 622. The molecule has 4 aliphatic carbocycles. The fourth-order valence-electron chi connectivity index (χ4n) is 5.21. The molecule has 4 atom stereocenters. The minimum atomic E-state index is -1.81. The fraction of sp³-hybridized carbons (Fsp3) is 0.750. The minimum absolute atomic E-state index is 0.152. The minimum Gasteiger partial charge on any atom is -0.413 e. The normalized spacial score (nSPS) is 39.2. The van der Waals surface area contributed by atoms with E-state index >= 15 is 0 Å². The highest BCUT2D eigenvalue weighted by atomic mass is 28.4. The van der Waals surface area contributed by atoms with Crippen LogP contribution in [0.3, 0.4) is 0 Å². The summed E-state index contributed by atoms with van der Waals surface area (Å²) in [5.41, 5.74) is 3.21. The molecule has 0 aromatic rings. The molecule has 0 heterocycles. The number of hydrogen-bond acceptors (Lipinski definition) is 2. The van der Waals surface area contributed by atoms with E-state index in [2.05, 4.69) is 39.9 Å². The average molecular weight is 331 g/mol. The van der Waals surface area contributed by atoms with Gasteiger partial charge in [-0.15, -0.1) is 0 Å². The lowest BCUT2D eigenvalue weighted by Crippen LogP contribution is -2.54. The summed E-state index contributed by atoms with van der Waals surface area (Å²) >= 11 is 0. The van der Waals surface area contributed by atoms with Crippen LogP contribution >= 0.6 is 0 Å². The molecular weight excluding hydrogens is 300 g/mol. The summed E-state index contributed by atoms with van der Waals surface area (Å²) < 4.78 is 7.05. The summed E-state index contributed by atoms with van der Waals surface area (Å²) in [7, 11) is -1.81. The molecule has 0 aromatic heterocycles. The third-order valence-corrected chi connectivity index (χ3v) is 11.9. The second kappa shape index (κ2) is 4.69. The Morgan fingerprint density at radius 3 is 2.74 bits per heavy atom. The van der Waals surface area contributed by atoms with Crippen molar-refractivity contribution < 1.29 is 9.22 Å². The first-order chi connectivity index (χ1) is 10.6. The SMILES string of the molecule is CC(C)(C)[Si](C)(C)O[C@@H]1[C@H]2CC=C3C[C@@]14CCC(=O)C=C4[C@H]3C2. The van der Waals surface area contributed by atoms with Gasteiger partial charge in [-0.1, -0.05) is 38.0 Å². The Morgan fingerprint density at radius 2 is 2.04 bits per heavy atom. The molecule has 126 valence electrons. The van der Waals surface area contributed by atoms with Gasteiger partial charge in [0.25, 0.3) is 0 Å². The summed E-state index contributed by atoms with van der Waals surface area (Å²) in [6.07, 6.45) is 10.1. The molecule has 0 aliphatic heterocycles. The standard InChI is InChI=1S/C20H30O2Si/c1-19(2,3)23(4,5)22-18-13-6-7-14-12-20(18)9-8-15(21)11-17(20)16(14)10-13/h7,11,13,16,18H,6,8-10,12H2,1-5H3/t13-,16-,18+,20+/m0/s1. The van der Waals surface area contributed by atoms with Crippen LogP contribution < -0.4 is 0 Å². The number of fused-ring (bicyclic) bond motifs is 1. The number of carbonyl (C=O) groups is 1. The number of ketones is 1. The zero-order valence-electron chi connectivity index (χ0n) is 15.2. The lowest BCUT2D eigenvalue weighted by molar-refractivity contribution is -0.117. The van der Waals surface area contributed by atoms with E-state index in [0.717, 1.165) is 12.8 Å². The van der Waals surface area contributed by atoms with Crippen molar-refractivity contribution in [3.63, 3.8) is 0 Å². The second-order valence-electron chi connectivity index (χ2n) is 9.76. The summed E-state index contributed by atoms with van der Waals surface area (Å²) in [6.45, 7) is 11.8. The van der Waals surface area contributed by atoms with Gasteiger partial charge >= 0.3 is 0 Å². The van der Waals surface area contributed by atoms with Crippen molar-refractivity contribution in [2.75, 3.05) is 0 Å². The Morgan fingerprint density at radius 1 is 1.30 bits per heavy atom. The molecule has 2 nitrogen and oxygen atoms in total. The van der Waals surface area contributed by atoms with Crippen LogP contribution in [0.1, 0.15) is 52.9 Å². The van der Waals surface area contributed by atoms with Gasteiger partial charge in [-0.05, 0) is 55.8 Å². The van der Waals surface area contributed by atoms with Crippen LogP contribution in [-0.2, 0) is 9.22 Å². The molecule has 3 heteroatoms. The second-order valence-corrected chi connectivity index (χ2v) is 14.5. The third kappa shape index (κ3) is 2.12. The first kappa shape index (κ1) is 15.8. The molecule has 4 rings (SSSR count). The van der Waals surface area contributed by atoms with E-state index in [9.17, 15) is 4.79 Å². The van der Waals surface area contributed by atoms with Crippen molar-refractivity contribution in [1.82, 2.24) is 0 Å². The summed E-state index contributed by atoms with van der Waals surface area (Å²) in [4.78, 5) is 12.1. The van der Waals surface area contributed by atoms with Crippen LogP contribution in [-0.4, -0.2) is 20.2 Å². The van der Waals surface area contributed by atoms with E-state index in [0.29, 0.717) is 30.1 Å². The maximum absolute atomic E-state index is 12.1. The molecule has 0 amide bonds. The van der Waals surface area contributed by atoms with Gasteiger partial charge in [0.2, 0.25) is 0 Å². The van der Waals surface area contributed by atoms with Crippen LogP contribution in [0.25, 0.3) is 0 Å². The van der Waals surface area contributed by atoms with Gasteiger partial charge in [-0.2, -0.15) is 0 Å². The van der Waals surface area contributed by atoms with E-state index in [1.807, 2.05) is 6.08 Å². The number of hydrogen-bond donors (Lipinski definition) is 0. The number of rotatable bonds is 2. The van der Waals surface area contributed by atoms with Gasteiger partial charge in [-0.3, -0.25) is 4.79 Å². The highest BCUT2D eigenvalue weighted by molar-refractivity contribution is 6.74. The van der Waals surface area contributed by atoms with Crippen molar-refractivity contribution in [2.45, 2.75) is 77.1 Å². The monoisotopic (exact) mass is 330 g/mol. The van der Waals surface area contributed by atoms with Gasteiger partial charge in [-0.25, -0.2) is 0 Å². The summed E-state index contributed by atoms with van der Waals surface area (Å²) in [5.74, 6) is 1.56. The predicted molar refractivity (Wildman–Crippen MR) is 95.7 cm³/mol. The first-order valence-corrected chi connectivity index (χ1v) is 12.2. The maximum Gasteiger partial charge on any atom is 0.192 e. The van der Waals surface area contributed by atoms with Gasteiger partial charge in [0, 0.05) is 17.8 Å². The van der Waals surface area contributed by atoms with Crippen molar-refractivity contribution in [3.8, 4) is 0 Å². The molecule has 0 radical (unpaired) electrons. The van der Waals surface area contributed by atoms with Crippen molar-refractivity contribution >= 4 is 14.1 Å². The van der Waals surface area contributed by atoms with Crippen molar-refractivity contribution in [2.24, 2.45) is 17.3 Å². The molecule has 3 bridgehead atoms. The fourth-order valence-corrected chi connectivity index (χ4v) is 6.61. The van der Waals surface area contributed by atoms with E-state index in [1.54, 1.807) is 5.57 Å². The van der Waals surface area contributed by atoms with Crippen LogP contribution in [0, 0.1) is 17.3 Å². The van der Waals surface area contributed by atoms with Gasteiger partial charge in [0.15, 0.2) is 14.1 Å². The van der Waals surface area contributed by atoms with E-state index in [1.165, 1.54) is 18.4 Å². The molecule has 0 saturated heterocycles. The Kier molecular flexibility index (Phi) is 3.23. The lowest BCUT2D eigenvalue weighted by atomic mass is 9.60. The van der Waals surface area contributed by atoms with Crippen LogP contribution in [0.2, 0.25) is 18.1 Å². The molecule has 0 N–H and O–H groups in total. The molecule has 0 unspecified atom stereocenters. The molecule has 2 fully saturated rings. The topological polar surface area (TPSA) is 26.3 Å². The van der Waals surface area contributed by atoms with Gasteiger partial charge in [0.05, 0.1) is 6.10 Å². The molecule has 0 spiro atoms. The highest BCUT2D eigenvalue weighted by Crippen LogP contribution is 2.66. The van der Waals surface area contributed by atoms with E-state index in [4.69, 9.17) is 4.43 Å². The highest BCUT2D eigenvalue weighted by Gasteiger charge is 2.61. The summed E-state index contributed by atoms with van der Waals surface area (Å²) in [5, 5.41) is 0.238. The van der Waals surface area contributed by atoms with Crippen LogP contribution in [0.5, 0.6) is 0 Å². The largest absolute Gasteiger partial charge is 0.413 e. The average Bonchev–Trinajstić information content (AvgIpc) is 2.63. The summed E-state index contributed by atoms with van der Waals surface area (Å²) in [6, 6.07) is 0. The lowest BCUT2D eigenvalue weighted by Gasteiger charge is -2.53. The van der Waals surface area contributed by atoms with E-state index < -0.39 is 8.32 Å². The van der Waals surface area contributed by atoms with Crippen LogP contribution in [0.4, 0.5) is 0 Å². The molecule has 2 saturated carbocycles. The van der Waals surface area contributed by atoms with Gasteiger partial charge in [0.1, 0.15) is 0 Å². The van der Waals surface area contributed by atoms with Gasteiger partial charge < -0.3 is 4.43 Å².